The van der Waals surface area contributed by atoms with Crippen LogP contribution in [0.15, 0.2) is 42.9 Å². The highest BCUT2D eigenvalue weighted by Gasteiger charge is 2.25. The number of hydrogen-bond donors (Lipinski definition) is 1. The van der Waals surface area contributed by atoms with Gasteiger partial charge in [-0.3, -0.25) is 19.9 Å². The fourth-order valence-corrected chi connectivity index (χ4v) is 3.90. The van der Waals surface area contributed by atoms with Gasteiger partial charge in [-0.1, -0.05) is 29.0 Å². The van der Waals surface area contributed by atoms with E-state index in [2.05, 4.69) is 20.3 Å². The van der Waals surface area contributed by atoms with Gasteiger partial charge in [0.25, 0.3) is 11.8 Å². The molecule has 4 rings (SSSR count). The largest absolute Gasteiger partial charge is 0.333 e. The van der Waals surface area contributed by atoms with Crippen LogP contribution in [-0.2, 0) is 13.0 Å². The molecule has 0 unspecified atom stereocenters. The normalized spacial score (nSPS) is 13.1. The van der Waals surface area contributed by atoms with Gasteiger partial charge in [-0.05, 0) is 19.1 Å². The van der Waals surface area contributed by atoms with Gasteiger partial charge in [-0.2, -0.15) is 0 Å². The minimum atomic E-state index is -0.346. The standard InChI is InChI=1S/C19H17N5O2S/c1-12-2-4-13(5-3-12)18(26)24-9-6-14-16(11-24)27-19(22-14)23-17(25)15-10-20-7-8-21-15/h2-5,7-8,10H,6,9,11H2,1H3,(H,22,23,25). The van der Waals surface area contributed by atoms with Gasteiger partial charge < -0.3 is 4.90 Å². The van der Waals surface area contributed by atoms with Crippen molar-refractivity contribution in [2.75, 3.05) is 11.9 Å². The van der Waals surface area contributed by atoms with Gasteiger partial charge >= 0.3 is 0 Å². The third-order valence-electron chi connectivity index (χ3n) is 4.33. The summed E-state index contributed by atoms with van der Waals surface area (Å²) in [7, 11) is 0. The van der Waals surface area contributed by atoms with E-state index in [9.17, 15) is 9.59 Å². The maximum absolute atomic E-state index is 12.7. The number of benzene rings is 1. The molecule has 0 radical (unpaired) electrons. The zero-order valence-corrected chi connectivity index (χ0v) is 15.5. The Morgan fingerprint density at radius 2 is 2.00 bits per heavy atom. The van der Waals surface area contributed by atoms with E-state index >= 15 is 0 Å². The molecule has 3 aromatic rings. The van der Waals surface area contributed by atoms with Crippen LogP contribution in [0.5, 0.6) is 0 Å². The van der Waals surface area contributed by atoms with Gasteiger partial charge in [0.15, 0.2) is 5.13 Å². The van der Waals surface area contributed by atoms with Gasteiger partial charge in [0.05, 0.1) is 18.4 Å². The smallest absolute Gasteiger partial charge is 0.277 e. The molecule has 2 amide bonds. The summed E-state index contributed by atoms with van der Waals surface area (Å²) in [6.45, 7) is 3.11. The lowest BCUT2D eigenvalue weighted by molar-refractivity contribution is 0.0736. The monoisotopic (exact) mass is 379 g/mol. The SMILES string of the molecule is Cc1ccc(C(=O)N2CCc3nc(NC(=O)c4cnccn4)sc3C2)cc1. The van der Waals surface area contributed by atoms with Crippen LogP contribution >= 0.6 is 11.3 Å². The van der Waals surface area contributed by atoms with Crippen molar-refractivity contribution in [2.24, 2.45) is 0 Å². The second-order valence-corrected chi connectivity index (χ2v) is 7.36. The predicted octanol–water partition coefficient (Wildman–Crippen LogP) is 2.69. The van der Waals surface area contributed by atoms with Crippen LogP contribution in [0, 0.1) is 6.92 Å². The van der Waals surface area contributed by atoms with Crippen LogP contribution in [0.4, 0.5) is 5.13 Å². The average Bonchev–Trinajstić information content (AvgIpc) is 3.10. The van der Waals surface area contributed by atoms with Crippen molar-refractivity contribution in [1.29, 1.82) is 0 Å². The van der Waals surface area contributed by atoms with E-state index in [1.807, 2.05) is 36.1 Å². The van der Waals surface area contributed by atoms with Crippen molar-refractivity contribution < 1.29 is 9.59 Å². The number of fused-ring (bicyclic) bond motifs is 1. The predicted molar refractivity (Wildman–Crippen MR) is 102 cm³/mol. The lowest BCUT2D eigenvalue weighted by Gasteiger charge is -2.26. The molecule has 2 aromatic heterocycles. The Morgan fingerprint density at radius 3 is 2.74 bits per heavy atom. The third kappa shape index (κ3) is 3.70. The van der Waals surface area contributed by atoms with E-state index in [1.165, 1.54) is 29.9 Å². The topological polar surface area (TPSA) is 88.1 Å². The van der Waals surface area contributed by atoms with Crippen molar-refractivity contribution in [3.63, 3.8) is 0 Å². The van der Waals surface area contributed by atoms with Crippen LogP contribution in [0.1, 0.15) is 37.0 Å². The number of carbonyl (C=O) groups is 2. The molecule has 136 valence electrons. The van der Waals surface area contributed by atoms with E-state index in [-0.39, 0.29) is 17.5 Å². The first-order valence-corrected chi connectivity index (χ1v) is 9.33. The number of nitrogens with zero attached hydrogens (tertiary/aromatic N) is 4. The third-order valence-corrected chi connectivity index (χ3v) is 5.33. The lowest BCUT2D eigenvalue weighted by atomic mass is 10.1. The Bertz CT molecular complexity index is 985. The van der Waals surface area contributed by atoms with E-state index < -0.39 is 0 Å². The maximum Gasteiger partial charge on any atom is 0.277 e. The van der Waals surface area contributed by atoms with E-state index in [1.54, 1.807) is 0 Å². The van der Waals surface area contributed by atoms with Gasteiger partial charge in [-0.25, -0.2) is 9.97 Å². The quantitative estimate of drug-likeness (QED) is 0.756. The summed E-state index contributed by atoms with van der Waals surface area (Å²) in [5.41, 5.74) is 2.98. The first-order chi connectivity index (χ1) is 13.1. The average molecular weight is 379 g/mol. The number of aryl methyl sites for hydroxylation is 1. The number of hydrogen-bond acceptors (Lipinski definition) is 6. The summed E-state index contributed by atoms with van der Waals surface area (Å²) in [6, 6.07) is 7.59. The summed E-state index contributed by atoms with van der Waals surface area (Å²) in [5.74, 6) is -0.332. The molecule has 0 bridgehead atoms. The molecule has 0 spiro atoms. The van der Waals surface area contributed by atoms with Gasteiger partial charge in [0.1, 0.15) is 5.69 Å². The Morgan fingerprint density at radius 1 is 1.19 bits per heavy atom. The Hall–Kier alpha value is -3.13. The van der Waals surface area contributed by atoms with Crippen molar-refractivity contribution in [3.8, 4) is 0 Å². The van der Waals surface area contributed by atoms with Crippen molar-refractivity contribution >= 4 is 28.3 Å². The fraction of sp³-hybridized carbons (Fsp3) is 0.211. The summed E-state index contributed by atoms with van der Waals surface area (Å²) >= 11 is 1.39. The van der Waals surface area contributed by atoms with Crippen LogP contribution in [0.25, 0.3) is 0 Å². The molecule has 0 aliphatic carbocycles. The zero-order valence-electron chi connectivity index (χ0n) is 14.7. The van der Waals surface area contributed by atoms with Crippen LogP contribution in [-0.4, -0.2) is 38.2 Å². The zero-order chi connectivity index (χ0) is 18.8. The highest BCUT2D eigenvalue weighted by Crippen LogP contribution is 2.29. The number of rotatable bonds is 3. The molecule has 1 aliphatic rings. The number of nitrogens with one attached hydrogen (secondary N) is 1. The number of anilines is 1. The van der Waals surface area contributed by atoms with E-state index in [0.717, 1.165) is 16.1 Å². The van der Waals surface area contributed by atoms with Crippen molar-refractivity contribution in [3.05, 3.63) is 70.2 Å². The summed E-state index contributed by atoms with van der Waals surface area (Å²) in [4.78, 5) is 40.1. The molecular formula is C19H17N5O2S. The second-order valence-electron chi connectivity index (χ2n) is 6.28. The molecule has 1 aromatic carbocycles. The minimum Gasteiger partial charge on any atom is -0.333 e. The number of carbonyl (C=O) groups excluding carboxylic acids is 2. The first-order valence-electron chi connectivity index (χ1n) is 8.52. The molecule has 1 N–H and O–H groups in total. The molecule has 0 fully saturated rings. The van der Waals surface area contributed by atoms with Gasteiger partial charge in [0.2, 0.25) is 0 Å². The molecule has 3 heterocycles. The van der Waals surface area contributed by atoms with Crippen LogP contribution in [0.3, 0.4) is 0 Å². The first kappa shape index (κ1) is 17.3. The Labute approximate surface area is 160 Å². The molecule has 1 aliphatic heterocycles. The van der Waals surface area contributed by atoms with E-state index in [4.69, 9.17) is 0 Å². The summed E-state index contributed by atoms with van der Waals surface area (Å²) in [6.07, 6.45) is 5.06. The van der Waals surface area contributed by atoms with Gasteiger partial charge in [0, 0.05) is 35.8 Å². The minimum absolute atomic E-state index is 0.0131. The summed E-state index contributed by atoms with van der Waals surface area (Å²) in [5, 5.41) is 3.27. The van der Waals surface area contributed by atoms with Crippen LogP contribution < -0.4 is 5.32 Å². The molecular weight excluding hydrogens is 362 g/mol. The molecule has 8 heteroatoms. The second kappa shape index (κ2) is 7.24. The molecule has 27 heavy (non-hydrogen) atoms. The highest BCUT2D eigenvalue weighted by molar-refractivity contribution is 7.15. The fourth-order valence-electron chi connectivity index (χ4n) is 2.88. The number of amides is 2. The molecule has 0 atom stereocenters. The van der Waals surface area contributed by atoms with Crippen molar-refractivity contribution in [1.82, 2.24) is 19.9 Å². The summed E-state index contributed by atoms with van der Waals surface area (Å²) < 4.78 is 0. The van der Waals surface area contributed by atoms with Crippen molar-refractivity contribution in [2.45, 2.75) is 19.9 Å². The highest BCUT2D eigenvalue weighted by atomic mass is 32.1. The maximum atomic E-state index is 12.7. The van der Waals surface area contributed by atoms with Crippen LogP contribution in [0.2, 0.25) is 0 Å². The number of aromatic nitrogens is 3. The Balaban J connectivity index is 1.47. The van der Waals surface area contributed by atoms with Gasteiger partial charge in [-0.15, -0.1) is 0 Å². The molecule has 7 nitrogen and oxygen atoms in total. The Kier molecular flexibility index (Phi) is 4.64. The molecule has 0 saturated carbocycles. The lowest BCUT2D eigenvalue weighted by Crippen LogP contribution is -2.35. The van der Waals surface area contributed by atoms with E-state index in [0.29, 0.717) is 30.2 Å². The number of thiazole rings is 1. The molecule has 0 saturated heterocycles.